The van der Waals surface area contributed by atoms with Crippen LogP contribution in [0.25, 0.3) is 10.9 Å². The molecule has 0 unspecified atom stereocenters. The number of rotatable bonds is 5. The first-order valence-electron chi connectivity index (χ1n) is 9.43. The van der Waals surface area contributed by atoms with Gasteiger partial charge in [0, 0.05) is 43.0 Å². The summed E-state index contributed by atoms with van der Waals surface area (Å²) in [6.45, 7) is 0.812. The van der Waals surface area contributed by atoms with Gasteiger partial charge in [0.25, 0.3) is 0 Å². The molecular weight excluding hydrogens is 414 g/mol. The van der Waals surface area contributed by atoms with Crippen molar-refractivity contribution in [3.05, 3.63) is 58.1 Å². The van der Waals surface area contributed by atoms with Crippen molar-refractivity contribution in [2.75, 3.05) is 18.0 Å². The Hall–Kier alpha value is -3.01. The van der Waals surface area contributed by atoms with E-state index >= 15 is 4.39 Å². The van der Waals surface area contributed by atoms with Crippen molar-refractivity contribution >= 4 is 34.3 Å². The highest BCUT2D eigenvalue weighted by Crippen LogP contribution is 2.41. The van der Waals surface area contributed by atoms with Crippen LogP contribution in [0, 0.1) is 11.6 Å². The molecule has 2 fully saturated rings. The molecule has 1 aliphatic heterocycles. The molecular formula is C20H16F2N4O3S. The standard InChI is InChI=1S/C20H16F2N4O3S/c21-14-6-12-16(26(10-2-3-10)9-13(18(12)27)19(28)29)15(22)17(14)25-7-11(8-25)30-20-23-4-1-5-24-20/h1,4-6,9-11H,2-3,7-8H2,(H,28,29). The maximum absolute atomic E-state index is 15.5. The number of hydrogen-bond donors (Lipinski definition) is 1. The first-order chi connectivity index (χ1) is 14.4. The fourth-order valence-electron chi connectivity index (χ4n) is 3.71. The maximum Gasteiger partial charge on any atom is 0.341 e. The van der Waals surface area contributed by atoms with Gasteiger partial charge in [-0.1, -0.05) is 11.8 Å². The smallest absolute Gasteiger partial charge is 0.341 e. The van der Waals surface area contributed by atoms with E-state index in [1.54, 1.807) is 23.4 Å². The van der Waals surface area contributed by atoms with Crippen molar-refractivity contribution in [3.8, 4) is 0 Å². The molecule has 3 aromatic rings. The predicted molar refractivity (Wildman–Crippen MR) is 107 cm³/mol. The van der Waals surface area contributed by atoms with Gasteiger partial charge in [-0.15, -0.1) is 0 Å². The van der Waals surface area contributed by atoms with Crippen molar-refractivity contribution in [2.24, 2.45) is 0 Å². The summed E-state index contributed by atoms with van der Waals surface area (Å²) in [5.74, 6) is -3.11. The number of anilines is 1. The lowest BCUT2D eigenvalue weighted by Gasteiger charge is -2.40. The summed E-state index contributed by atoms with van der Waals surface area (Å²) in [5, 5.41) is 9.75. The van der Waals surface area contributed by atoms with Crippen molar-refractivity contribution in [3.63, 3.8) is 0 Å². The highest BCUT2D eigenvalue weighted by atomic mass is 32.2. The zero-order valence-electron chi connectivity index (χ0n) is 15.6. The number of fused-ring (bicyclic) bond motifs is 1. The molecule has 1 aromatic carbocycles. The molecule has 0 spiro atoms. The van der Waals surface area contributed by atoms with Gasteiger partial charge in [0.05, 0.1) is 10.9 Å². The number of hydrogen-bond acceptors (Lipinski definition) is 6. The average Bonchev–Trinajstić information content (AvgIpc) is 3.52. The van der Waals surface area contributed by atoms with Gasteiger partial charge in [0.2, 0.25) is 5.43 Å². The molecule has 10 heteroatoms. The van der Waals surface area contributed by atoms with E-state index < -0.39 is 28.6 Å². The molecule has 3 heterocycles. The van der Waals surface area contributed by atoms with E-state index in [0.29, 0.717) is 18.2 Å². The molecule has 1 N–H and O–H groups in total. The number of nitrogens with zero attached hydrogens (tertiary/aromatic N) is 4. The van der Waals surface area contributed by atoms with Gasteiger partial charge in [-0.2, -0.15) is 0 Å². The topological polar surface area (TPSA) is 88.3 Å². The second kappa shape index (κ2) is 7.05. The average molecular weight is 430 g/mol. The van der Waals surface area contributed by atoms with Crippen molar-refractivity contribution < 1.29 is 18.7 Å². The number of halogens is 2. The Kier molecular flexibility index (Phi) is 4.46. The first-order valence-corrected chi connectivity index (χ1v) is 10.3. The number of carboxylic acid groups (broad SMARTS) is 1. The second-order valence-corrected chi connectivity index (χ2v) is 8.68. The quantitative estimate of drug-likeness (QED) is 0.623. The number of aromatic nitrogens is 3. The minimum Gasteiger partial charge on any atom is -0.477 e. The van der Waals surface area contributed by atoms with E-state index in [0.717, 1.165) is 18.9 Å². The summed E-state index contributed by atoms with van der Waals surface area (Å²) in [6.07, 6.45) is 5.95. The third-order valence-corrected chi connectivity index (χ3v) is 6.39. The van der Waals surface area contributed by atoms with E-state index in [2.05, 4.69) is 9.97 Å². The normalized spacial score (nSPS) is 16.7. The summed E-state index contributed by atoms with van der Waals surface area (Å²) in [7, 11) is 0. The first kappa shape index (κ1) is 19.0. The van der Waals surface area contributed by atoms with Gasteiger partial charge in [0.1, 0.15) is 17.1 Å². The molecule has 154 valence electrons. The second-order valence-electron chi connectivity index (χ2n) is 7.41. The summed E-state index contributed by atoms with van der Waals surface area (Å²) in [4.78, 5) is 33.8. The summed E-state index contributed by atoms with van der Waals surface area (Å²) in [5.41, 5.74) is -1.59. The number of aromatic carboxylic acids is 1. The summed E-state index contributed by atoms with van der Waals surface area (Å²) >= 11 is 1.44. The van der Waals surface area contributed by atoms with Crippen LogP contribution in [0.4, 0.5) is 14.5 Å². The molecule has 0 atom stereocenters. The number of carboxylic acids is 1. The van der Waals surface area contributed by atoms with Gasteiger partial charge >= 0.3 is 5.97 Å². The number of benzene rings is 1. The predicted octanol–water partition coefficient (Wildman–Crippen LogP) is 3.08. The van der Waals surface area contributed by atoms with Gasteiger partial charge < -0.3 is 14.6 Å². The van der Waals surface area contributed by atoms with E-state index in [-0.39, 0.29) is 27.9 Å². The molecule has 30 heavy (non-hydrogen) atoms. The molecule has 1 saturated heterocycles. The molecule has 1 aliphatic carbocycles. The maximum atomic E-state index is 15.5. The summed E-state index contributed by atoms with van der Waals surface area (Å²) < 4.78 is 31.8. The Morgan fingerprint density at radius 1 is 1.20 bits per heavy atom. The van der Waals surface area contributed by atoms with Crippen LogP contribution in [0.5, 0.6) is 0 Å². The number of carbonyl (C=O) groups is 1. The van der Waals surface area contributed by atoms with Crippen LogP contribution in [-0.2, 0) is 0 Å². The fourth-order valence-corrected chi connectivity index (χ4v) is 4.76. The molecule has 0 radical (unpaired) electrons. The highest BCUT2D eigenvalue weighted by molar-refractivity contribution is 7.99. The van der Waals surface area contributed by atoms with E-state index in [4.69, 9.17) is 0 Å². The Labute approximate surface area is 173 Å². The highest BCUT2D eigenvalue weighted by Gasteiger charge is 2.35. The van der Waals surface area contributed by atoms with Crippen LogP contribution in [0.2, 0.25) is 0 Å². The zero-order chi connectivity index (χ0) is 21.0. The minimum atomic E-state index is -1.41. The number of pyridine rings is 1. The molecule has 7 nitrogen and oxygen atoms in total. The van der Waals surface area contributed by atoms with Gasteiger partial charge in [-0.25, -0.2) is 23.5 Å². The lowest BCUT2D eigenvalue weighted by Crippen LogP contribution is -2.50. The SMILES string of the molecule is O=C(O)c1cn(C2CC2)c2c(F)c(N3CC(Sc4ncccn4)C3)c(F)cc2c1=O. The molecule has 0 amide bonds. The fraction of sp³-hybridized carbons (Fsp3) is 0.300. The molecule has 1 saturated carbocycles. The van der Waals surface area contributed by atoms with Crippen LogP contribution in [0.3, 0.4) is 0 Å². The Bertz CT molecular complexity index is 1220. The third-order valence-electron chi connectivity index (χ3n) is 5.33. The van der Waals surface area contributed by atoms with Crippen LogP contribution in [0.15, 0.2) is 40.7 Å². The Balaban J connectivity index is 1.53. The van der Waals surface area contributed by atoms with E-state index in [1.165, 1.54) is 22.5 Å². The zero-order valence-corrected chi connectivity index (χ0v) is 16.4. The van der Waals surface area contributed by atoms with Gasteiger partial charge in [-0.3, -0.25) is 4.79 Å². The van der Waals surface area contributed by atoms with E-state index in [9.17, 15) is 19.1 Å². The Morgan fingerprint density at radius 3 is 2.53 bits per heavy atom. The van der Waals surface area contributed by atoms with Crippen LogP contribution < -0.4 is 10.3 Å². The summed E-state index contributed by atoms with van der Waals surface area (Å²) in [6, 6.07) is 2.59. The van der Waals surface area contributed by atoms with Crippen LogP contribution >= 0.6 is 11.8 Å². The largest absolute Gasteiger partial charge is 0.477 e. The number of thioether (sulfide) groups is 1. The Morgan fingerprint density at radius 2 is 1.90 bits per heavy atom. The minimum absolute atomic E-state index is 0.0357. The third kappa shape index (κ3) is 3.11. The van der Waals surface area contributed by atoms with Crippen molar-refractivity contribution in [2.45, 2.75) is 29.3 Å². The van der Waals surface area contributed by atoms with Crippen LogP contribution in [0.1, 0.15) is 29.2 Å². The van der Waals surface area contributed by atoms with Gasteiger partial charge in [-0.05, 0) is 25.0 Å². The van der Waals surface area contributed by atoms with Gasteiger partial charge in [0.15, 0.2) is 11.0 Å². The molecule has 2 aromatic heterocycles. The molecule has 5 rings (SSSR count). The molecule has 0 bridgehead atoms. The lowest BCUT2D eigenvalue weighted by molar-refractivity contribution is 0.0695. The van der Waals surface area contributed by atoms with Crippen molar-refractivity contribution in [1.29, 1.82) is 0 Å². The lowest BCUT2D eigenvalue weighted by atomic mass is 10.1. The van der Waals surface area contributed by atoms with Crippen LogP contribution in [-0.4, -0.2) is 44.0 Å². The van der Waals surface area contributed by atoms with Crippen molar-refractivity contribution in [1.82, 2.24) is 14.5 Å². The monoisotopic (exact) mass is 430 g/mol. The molecule has 2 aliphatic rings. The van der Waals surface area contributed by atoms with E-state index in [1.807, 2.05) is 0 Å².